The maximum Gasteiger partial charge on any atom is 0.355 e. The molecule has 0 bridgehead atoms. The first kappa shape index (κ1) is 20.3. The van der Waals surface area contributed by atoms with Gasteiger partial charge in [0.15, 0.2) is 0 Å². The van der Waals surface area contributed by atoms with E-state index in [1.165, 1.54) is 22.9 Å². The summed E-state index contributed by atoms with van der Waals surface area (Å²) in [5.74, 6) is -2.70. The van der Waals surface area contributed by atoms with Gasteiger partial charge in [-0.25, -0.2) is 19.4 Å². The predicted octanol–water partition coefficient (Wildman–Crippen LogP) is 2.60. The zero-order valence-electron chi connectivity index (χ0n) is 17.2. The second-order valence-corrected chi connectivity index (χ2v) is 7.64. The molecule has 0 radical (unpaired) electrons. The van der Waals surface area contributed by atoms with Crippen LogP contribution in [-0.2, 0) is 9.47 Å². The molecule has 0 unspecified atom stereocenters. The topological polar surface area (TPSA) is 140 Å². The summed E-state index contributed by atoms with van der Waals surface area (Å²) in [5.41, 5.74) is -0.407. The van der Waals surface area contributed by atoms with E-state index in [4.69, 9.17) is 9.47 Å². The number of imidazole rings is 1. The van der Waals surface area contributed by atoms with Gasteiger partial charge >= 0.3 is 17.9 Å². The highest BCUT2D eigenvalue weighted by Gasteiger charge is 2.28. The van der Waals surface area contributed by atoms with Crippen molar-refractivity contribution in [2.24, 2.45) is 0 Å². The molecule has 31 heavy (non-hydrogen) atoms. The number of fused-ring (bicyclic) bond motifs is 2. The number of hydrogen-bond donors (Lipinski definition) is 2. The number of rotatable bonds is 5. The first-order chi connectivity index (χ1) is 14.6. The highest BCUT2D eigenvalue weighted by Crippen LogP contribution is 2.32. The lowest BCUT2D eigenvalue weighted by atomic mass is 10.0. The van der Waals surface area contributed by atoms with Gasteiger partial charge in [-0.1, -0.05) is 0 Å². The lowest BCUT2D eigenvalue weighted by Crippen LogP contribution is -2.18. The van der Waals surface area contributed by atoms with Gasteiger partial charge in [-0.15, -0.1) is 0 Å². The third-order valence-electron chi connectivity index (χ3n) is 4.69. The standard InChI is InChI=1S/C21H19N3O7/c1-8(2)30-20(28)10-6-13(21(29)31-9(3)4)24-7-22-16-17(24)14(10)15-11(18(16)25)5-12(23-15)19(26)27/h5-9,23H,1-4H3,(H,26,27). The molecule has 0 spiro atoms. The van der Waals surface area contributed by atoms with E-state index in [9.17, 15) is 24.3 Å². The Balaban J connectivity index is 2.18. The van der Waals surface area contributed by atoms with E-state index in [1.807, 2.05) is 0 Å². The molecule has 2 N–H and O–H groups in total. The fraction of sp³-hybridized carbons (Fsp3) is 0.286. The van der Waals surface area contributed by atoms with Gasteiger partial charge in [0.1, 0.15) is 23.2 Å². The van der Waals surface area contributed by atoms with Crippen LogP contribution in [0.3, 0.4) is 0 Å². The van der Waals surface area contributed by atoms with Crippen molar-refractivity contribution in [2.75, 3.05) is 0 Å². The number of carbonyl (C=O) groups is 3. The van der Waals surface area contributed by atoms with Gasteiger partial charge in [-0.05, 0) is 39.8 Å². The SMILES string of the molecule is CC(C)OC(=O)c1cc(C(=O)OC(C)C)n2cnc3c(=O)c4cc(C(=O)O)[nH]c4c1c32. The average Bonchev–Trinajstić information content (AvgIpc) is 3.30. The summed E-state index contributed by atoms with van der Waals surface area (Å²) in [6.07, 6.45) is 0.429. The number of aromatic nitrogens is 3. The highest BCUT2D eigenvalue weighted by molar-refractivity contribution is 6.20. The molecule has 3 aromatic heterocycles. The van der Waals surface area contributed by atoms with Crippen LogP contribution in [0.4, 0.5) is 0 Å². The number of aromatic amines is 1. The first-order valence-electron chi connectivity index (χ1n) is 9.57. The summed E-state index contributed by atoms with van der Waals surface area (Å²) in [6.45, 7) is 6.71. The fourth-order valence-electron chi connectivity index (χ4n) is 3.54. The molecule has 10 nitrogen and oxygen atoms in total. The molecule has 1 aromatic carbocycles. The number of aromatic carboxylic acids is 1. The van der Waals surface area contributed by atoms with Crippen LogP contribution in [0.1, 0.15) is 59.0 Å². The molecular weight excluding hydrogens is 406 g/mol. The van der Waals surface area contributed by atoms with Crippen molar-refractivity contribution >= 4 is 45.2 Å². The normalized spacial score (nSPS) is 11.8. The predicted molar refractivity (Wildman–Crippen MR) is 110 cm³/mol. The zero-order chi connectivity index (χ0) is 22.6. The minimum atomic E-state index is -1.26. The first-order valence-corrected chi connectivity index (χ1v) is 9.57. The molecule has 160 valence electrons. The number of carboxylic acid groups (broad SMARTS) is 1. The number of H-pyrrole nitrogens is 1. The van der Waals surface area contributed by atoms with Crippen molar-refractivity contribution in [3.63, 3.8) is 0 Å². The van der Waals surface area contributed by atoms with Gasteiger partial charge in [0.25, 0.3) is 0 Å². The number of hydrogen-bond acceptors (Lipinski definition) is 7. The van der Waals surface area contributed by atoms with E-state index < -0.39 is 35.5 Å². The molecule has 4 rings (SSSR count). The Morgan fingerprint density at radius 3 is 2.32 bits per heavy atom. The van der Waals surface area contributed by atoms with Crippen molar-refractivity contribution < 1.29 is 29.0 Å². The Hall–Kier alpha value is -3.95. The summed E-state index contributed by atoms with van der Waals surface area (Å²) in [6, 6.07) is 2.51. The minimum absolute atomic E-state index is 0.00349. The number of esters is 2. The Morgan fingerprint density at radius 2 is 1.71 bits per heavy atom. The van der Waals surface area contributed by atoms with Crippen LogP contribution in [-0.4, -0.2) is 49.6 Å². The van der Waals surface area contributed by atoms with Crippen molar-refractivity contribution in [3.8, 4) is 0 Å². The zero-order valence-corrected chi connectivity index (χ0v) is 17.2. The summed E-state index contributed by atoms with van der Waals surface area (Å²) in [5, 5.41) is 9.67. The van der Waals surface area contributed by atoms with E-state index in [0.717, 1.165) is 0 Å². The number of carbonyl (C=O) groups excluding carboxylic acids is 2. The lowest BCUT2D eigenvalue weighted by Gasteiger charge is -2.15. The van der Waals surface area contributed by atoms with E-state index in [0.29, 0.717) is 0 Å². The van der Waals surface area contributed by atoms with E-state index >= 15 is 0 Å². The molecule has 10 heteroatoms. The van der Waals surface area contributed by atoms with Crippen molar-refractivity contribution in [3.05, 3.63) is 45.6 Å². The Morgan fingerprint density at radius 1 is 1.06 bits per heavy atom. The maximum absolute atomic E-state index is 13.0. The number of nitrogens with one attached hydrogen (secondary N) is 1. The summed E-state index contributed by atoms with van der Waals surface area (Å²) < 4.78 is 12.0. The molecule has 0 saturated heterocycles. The van der Waals surface area contributed by atoms with Crippen molar-refractivity contribution in [1.29, 1.82) is 0 Å². The molecule has 4 aromatic rings. The van der Waals surface area contributed by atoms with Gasteiger partial charge in [0.2, 0.25) is 5.43 Å². The van der Waals surface area contributed by atoms with E-state index in [-0.39, 0.29) is 44.3 Å². The molecule has 0 saturated carbocycles. The molecule has 0 aliphatic carbocycles. The third-order valence-corrected chi connectivity index (χ3v) is 4.69. The average molecular weight is 425 g/mol. The second-order valence-electron chi connectivity index (χ2n) is 7.64. The van der Waals surface area contributed by atoms with Crippen LogP contribution < -0.4 is 5.43 Å². The number of carboxylic acids is 1. The number of nitrogens with zero attached hydrogens (tertiary/aromatic N) is 2. The number of ether oxygens (including phenoxy) is 2. The van der Waals surface area contributed by atoms with Crippen LogP contribution in [0.25, 0.3) is 27.3 Å². The molecule has 0 aliphatic heterocycles. The number of benzene rings is 1. The summed E-state index contributed by atoms with van der Waals surface area (Å²) in [4.78, 5) is 57.0. The molecule has 0 amide bonds. The monoisotopic (exact) mass is 425 g/mol. The minimum Gasteiger partial charge on any atom is -0.477 e. The van der Waals surface area contributed by atoms with Crippen LogP contribution in [0, 0.1) is 0 Å². The van der Waals surface area contributed by atoms with Crippen molar-refractivity contribution in [1.82, 2.24) is 14.4 Å². The maximum atomic E-state index is 13.0. The highest BCUT2D eigenvalue weighted by atomic mass is 16.5. The molecule has 0 atom stereocenters. The quantitative estimate of drug-likeness (QED) is 0.465. The fourth-order valence-corrected chi connectivity index (χ4v) is 3.54. The largest absolute Gasteiger partial charge is 0.477 e. The molecular formula is C21H19N3O7. The van der Waals surface area contributed by atoms with Gasteiger partial charge in [-0.2, -0.15) is 0 Å². The lowest BCUT2D eigenvalue weighted by molar-refractivity contribution is 0.0368. The Kier molecular flexibility index (Phi) is 4.64. The molecule has 0 aliphatic rings. The van der Waals surface area contributed by atoms with Crippen LogP contribution in [0.5, 0.6) is 0 Å². The smallest absolute Gasteiger partial charge is 0.355 e. The van der Waals surface area contributed by atoms with Gasteiger partial charge in [0.05, 0.1) is 34.2 Å². The second kappa shape index (κ2) is 7.08. The van der Waals surface area contributed by atoms with Crippen LogP contribution >= 0.6 is 0 Å². The molecule has 3 heterocycles. The third kappa shape index (κ3) is 3.16. The van der Waals surface area contributed by atoms with E-state index in [2.05, 4.69) is 9.97 Å². The summed E-state index contributed by atoms with van der Waals surface area (Å²) in [7, 11) is 0. The van der Waals surface area contributed by atoms with Gasteiger partial charge in [0, 0.05) is 5.39 Å². The van der Waals surface area contributed by atoms with Crippen LogP contribution in [0.15, 0.2) is 23.3 Å². The Labute approximate surface area is 174 Å². The Bertz CT molecular complexity index is 1430. The van der Waals surface area contributed by atoms with Gasteiger partial charge in [-0.3, -0.25) is 9.20 Å². The van der Waals surface area contributed by atoms with E-state index in [1.54, 1.807) is 27.7 Å². The van der Waals surface area contributed by atoms with Crippen molar-refractivity contribution in [2.45, 2.75) is 39.9 Å². The number of pyridine rings is 1. The summed E-state index contributed by atoms with van der Waals surface area (Å²) >= 11 is 0. The molecule has 0 fully saturated rings. The van der Waals surface area contributed by atoms with Crippen LogP contribution in [0.2, 0.25) is 0 Å². The van der Waals surface area contributed by atoms with Gasteiger partial charge < -0.3 is 19.6 Å².